The summed E-state index contributed by atoms with van der Waals surface area (Å²) in [4.78, 5) is 0. The molecule has 1 saturated carbocycles. The van der Waals surface area contributed by atoms with Gasteiger partial charge in [-0.15, -0.1) is 10.2 Å². The lowest BCUT2D eigenvalue weighted by molar-refractivity contribution is 0.304. The van der Waals surface area contributed by atoms with Crippen molar-refractivity contribution in [3.8, 4) is 5.75 Å². The highest BCUT2D eigenvalue weighted by Crippen LogP contribution is 2.41. The highest BCUT2D eigenvalue weighted by atomic mass is 35.5. The van der Waals surface area contributed by atoms with Gasteiger partial charge in [-0.25, -0.2) is 0 Å². The Kier molecular flexibility index (Phi) is 4.06. The molecule has 0 N–H and O–H groups in total. The normalized spacial score (nSPS) is 14.3. The van der Waals surface area contributed by atoms with Crippen LogP contribution in [0.4, 0.5) is 0 Å². The first kappa shape index (κ1) is 16.0. The molecule has 4 rings (SSSR count). The average Bonchev–Trinajstić information content (AvgIpc) is 3.31. The Bertz CT molecular complexity index is 992. The van der Waals surface area contributed by atoms with Gasteiger partial charge < -0.3 is 9.15 Å². The summed E-state index contributed by atoms with van der Waals surface area (Å²) in [5.41, 5.74) is 2.72. The summed E-state index contributed by atoms with van der Waals surface area (Å²) < 4.78 is 12.0. The van der Waals surface area contributed by atoms with Crippen molar-refractivity contribution in [3.05, 3.63) is 43.0 Å². The van der Waals surface area contributed by atoms with Crippen molar-refractivity contribution in [2.75, 3.05) is 0 Å². The van der Waals surface area contributed by atoms with E-state index in [1.54, 1.807) is 17.4 Å². The van der Waals surface area contributed by atoms with Crippen LogP contribution in [0.15, 0.2) is 16.5 Å². The molecule has 0 amide bonds. The van der Waals surface area contributed by atoms with Crippen LogP contribution < -0.4 is 4.74 Å². The Morgan fingerprint density at radius 2 is 2.08 bits per heavy atom. The Morgan fingerprint density at radius 3 is 2.83 bits per heavy atom. The first-order chi connectivity index (χ1) is 11.5. The highest BCUT2D eigenvalue weighted by molar-refractivity contribution is 7.71. The van der Waals surface area contributed by atoms with Crippen LogP contribution in [0, 0.1) is 18.6 Å². The highest BCUT2D eigenvalue weighted by Gasteiger charge is 2.27. The van der Waals surface area contributed by atoms with Gasteiger partial charge >= 0.3 is 0 Å². The number of aromatic nitrogens is 2. The number of fused-ring (bicyclic) bond motifs is 1. The number of halogens is 1. The Balaban J connectivity index is 1.62. The molecule has 1 aliphatic rings. The summed E-state index contributed by atoms with van der Waals surface area (Å²) in [6.45, 7) is 4.31. The zero-order valence-corrected chi connectivity index (χ0v) is 15.6. The van der Waals surface area contributed by atoms with Gasteiger partial charge in [-0.1, -0.05) is 22.9 Å². The van der Waals surface area contributed by atoms with Gasteiger partial charge in [0.2, 0.25) is 0 Å². The number of benzene rings is 1. The minimum Gasteiger partial charge on any atom is -0.485 e. The van der Waals surface area contributed by atoms with E-state index in [2.05, 4.69) is 10.2 Å². The van der Waals surface area contributed by atoms with Gasteiger partial charge in [-0.05, 0) is 50.5 Å². The average molecular weight is 379 g/mol. The fraction of sp³-hybridized carbons (Fsp3) is 0.353. The van der Waals surface area contributed by atoms with Crippen molar-refractivity contribution in [2.45, 2.75) is 39.2 Å². The largest absolute Gasteiger partial charge is 0.485 e. The number of rotatable bonds is 4. The summed E-state index contributed by atoms with van der Waals surface area (Å²) in [5.74, 6) is 1.17. The summed E-state index contributed by atoms with van der Waals surface area (Å²) in [6, 6.07) is 3.66. The maximum absolute atomic E-state index is 6.37. The van der Waals surface area contributed by atoms with E-state index in [9.17, 15) is 0 Å². The van der Waals surface area contributed by atoms with Crippen molar-refractivity contribution in [1.29, 1.82) is 0 Å². The Morgan fingerprint density at radius 1 is 1.29 bits per heavy atom. The number of nitrogens with zero attached hydrogens (tertiary/aromatic N) is 2. The van der Waals surface area contributed by atoms with Crippen LogP contribution in [-0.4, -0.2) is 10.2 Å². The van der Waals surface area contributed by atoms with E-state index in [1.165, 1.54) is 12.8 Å². The molecule has 0 saturated heterocycles. The maximum atomic E-state index is 6.37. The fourth-order valence-electron chi connectivity index (χ4n) is 2.51. The first-order valence-corrected chi connectivity index (χ1v) is 9.32. The summed E-state index contributed by atoms with van der Waals surface area (Å²) in [7, 11) is 0. The molecule has 7 heteroatoms. The molecule has 24 heavy (non-hydrogen) atoms. The Hall–Kier alpha value is -1.50. The predicted molar refractivity (Wildman–Crippen MR) is 97.7 cm³/mol. The molecule has 0 bridgehead atoms. The van der Waals surface area contributed by atoms with E-state index < -0.39 is 0 Å². The molecular formula is C17H15ClN2O2S2. The van der Waals surface area contributed by atoms with Crippen LogP contribution in [0.1, 0.15) is 39.9 Å². The van der Waals surface area contributed by atoms with Gasteiger partial charge in [0.1, 0.15) is 22.9 Å². The molecule has 0 unspecified atom stereocenters. The quantitative estimate of drug-likeness (QED) is 0.541. The third-order valence-electron chi connectivity index (χ3n) is 4.27. The summed E-state index contributed by atoms with van der Waals surface area (Å²) >= 11 is 13.2. The third-order valence-corrected chi connectivity index (χ3v) is 6.01. The van der Waals surface area contributed by atoms with Crippen molar-refractivity contribution in [3.63, 3.8) is 0 Å². The van der Waals surface area contributed by atoms with Gasteiger partial charge in [0, 0.05) is 22.9 Å². The van der Waals surface area contributed by atoms with E-state index >= 15 is 0 Å². The second kappa shape index (κ2) is 6.10. The molecule has 4 nitrogen and oxygen atoms in total. The van der Waals surface area contributed by atoms with Crippen LogP contribution in [-0.2, 0) is 6.61 Å². The van der Waals surface area contributed by atoms with Crippen LogP contribution in [0.3, 0.4) is 0 Å². The molecule has 0 atom stereocenters. The molecule has 1 fully saturated rings. The number of hydrogen-bond donors (Lipinski definition) is 0. The van der Waals surface area contributed by atoms with Crippen LogP contribution in [0.25, 0.3) is 11.0 Å². The second-order valence-corrected chi connectivity index (χ2v) is 7.89. The zero-order valence-electron chi connectivity index (χ0n) is 13.3. The minimum atomic E-state index is 0.348. The monoisotopic (exact) mass is 378 g/mol. The first-order valence-electron chi connectivity index (χ1n) is 7.71. The third kappa shape index (κ3) is 2.94. The van der Waals surface area contributed by atoms with Crippen molar-refractivity contribution >= 4 is 46.1 Å². The van der Waals surface area contributed by atoms with E-state index in [4.69, 9.17) is 33.0 Å². The zero-order chi connectivity index (χ0) is 16.8. The molecule has 0 radical (unpaired) electrons. The van der Waals surface area contributed by atoms with E-state index in [1.807, 2.05) is 19.9 Å². The standard InChI is InChI=1S/C17H15ClN2O2S2/c1-8-9(2)17(23)22-13-6-14(12(18)5-11(8)13)21-7-15-19-20-16(24-15)10-3-4-10/h5-6,10H,3-4,7H2,1-2H3. The van der Waals surface area contributed by atoms with Crippen molar-refractivity contribution in [1.82, 2.24) is 10.2 Å². The smallest absolute Gasteiger partial charge is 0.193 e. The van der Waals surface area contributed by atoms with Gasteiger partial charge in [0.05, 0.1) is 5.02 Å². The predicted octanol–water partition coefficient (Wildman–Crippen LogP) is 5.74. The lowest BCUT2D eigenvalue weighted by Gasteiger charge is -2.10. The number of hydrogen-bond acceptors (Lipinski definition) is 6. The van der Waals surface area contributed by atoms with E-state index in [-0.39, 0.29) is 0 Å². The van der Waals surface area contributed by atoms with Crippen molar-refractivity contribution in [2.24, 2.45) is 0 Å². The fourth-order valence-corrected chi connectivity index (χ4v) is 3.90. The topological polar surface area (TPSA) is 48.2 Å². The lowest BCUT2D eigenvalue weighted by atomic mass is 10.1. The summed E-state index contributed by atoms with van der Waals surface area (Å²) in [6.07, 6.45) is 2.44. The lowest BCUT2D eigenvalue weighted by Crippen LogP contribution is -1.96. The SMILES string of the molecule is Cc1c(C)c2cc(Cl)c(OCc3nnc(C4CC4)s3)cc2oc1=S. The number of ether oxygens (including phenoxy) is 1. The van der Waals surface area contributed by atoms with Crippen molar-refractivity contribution < 1.29 is 9.15 Å². The molecule has 3 aromatic rings. The van der Waals surface area contributed by atoms with Gasteiger partial charge in [0.15, 0.2) is 9.71 Å². The van der Waals surface area contributed by atoms with E-state index in [0.717, 1.165) is 26.5 Å². The molecule has 2 heterocycles. The molecular weight excluding hydrogens is 364 g/mol. The van der Waals surface area contributed by atoms with Gasteiger partial charge in [0.25, 0.3) is 0 Å². The Labute approximate surface area is 153 Å². The molecule has 124 valence electrons. The molecule has 0 spiro atoms. The summed E-state index contributed by atoms with van der Waals surface area (Å²) in [5, 5.41) is 11.9. The van der Waals surface area contributed by atoms with Gasteiger partial charge in [-0.2, -0.15) is 0 Å². The van der Waals surface area contributed by atoms with Crippen LogP contribution in [0.5, 0.6) is 5.75 Å². The minimum absolute atomic E-state index is 0.348. The van der Waals surface area contributed by atoms with Crippen LogP contribution in [0.2, 0.25) is 5.02 Å². The maximum Gasteiger partial charge on any atom is 0.193 e. The van der Waals surface area contributed by atoms with Crippen LogP contribution >= 0.6 is 35.2 Å². The second-order valence-electron chi connectivity index (χ2n) is 6.02. The van der Waals surface area contributed by atoms with Gasteiger partial charge in [-0.3, -0.25) is 0 Å². The number of aryl methyl sites for hydroxylation is 1. The molecule has 2 aromatic heterocycles. The molecule has 1 aliphatic carbocycles. The van der Waals surface area contributed by atoms with E-state index in [0.29, 0.717) is 33.6 Å². The molecule has 0 aliphatic heterocycles. The molecule has 1 aromatic carbocycles.